The molecule has 0 saturated heterocycles. The fraction of sp³-hybridized carbons (Fsp3) is 0.389. The van der Waals surface area contributed by atoms with E-state index in [2.05, 4.69) is 25.6 Å². The first-order valence-corrected chi connectivity index (χ1v) is 9.64. The van der Waals surface area contributed by atoms with E-state index in [4.69, 9.17) is 0 Å². The number of methoxy groups -OCH3 is 1. The second-order valence-electron chi connectivity index (χ2n) is 5.99. The van der Waals surface area contributed by atoms with Crippen LogP contribution in [0.3, 0.4) is 0 Å². The molecule has 0 atom stereocenters. The number of hydrogen-bond acceptors (Lipinski definition) is 6. The van der Waals surface area contributed by atoms with Crippen molar-refractivity contribution in [1.29, 1.82) is 0 Å². The standard InChI is InChI=1S/C18H22N4O3S/c1-25-16(23)6-8-26-11-12-3-2-4-13(9-12)20-18(24)17-14-10-19-7-5-15(14)21-22-17/h2-4,9,19H,5-8,10-11H2,1H3,(H,20,24)(H,21,22). The van der Waals surface area contributed by atoms with Gasteiger partial charge in [-0.3, -0.25) is 14.7 Å². The van der Waals surface area contributed by atoms with E-state index in [1.807, 2.05) is 24.3 Å². The van der Waals surface area contributed by atoms with E-state index in [9.17, 15) is 9.59 Å². The molecule has 1 aliphatic rings. The highest BCUT2D eigenvalue weighted by Crippen LogP contribution is 2.20. The number of thioether (sulfide) groups is 1. The Labute approximate surface area is 156 Å². The molecule has 1 aliphatic heterocycles. The van der Waals surface area contributed by atoms with Gasteiger partial charge in [0, 0.05) is 48.0 Å². The normalized spacial score (nSPS) is 13.1. The number of aromatic amines is 1. The van der Waals surface area contributed by atoms with Crippen LogP contribution in [0.25, 0.3) is 0 Å². The number of aromatic nitrogens is 2. The third kappa shape index (κ3) is 4.64. The maximum Gasteiger partial charge on any atom is 0.306 e. The average molecular weight is 374 g/mol. The van der Waals surface area contributed by atoms with Crippen molar-refractivity contribution in [3.05, 3.63) is 46.8 Å². The molecule has 0 aliphatic carbocycles. The maximum atomic E-state index is 12.5. The first kappa shape index (κ1) is 18.5. The van der Waals surface area contributed by atoms with Gasteiger partial charge >= 0.3 is 5.97 Å². The predicted molar refractivity (Wildman–Crippen MR) is 101 cm³/mol. The van der Waals surface area contributed by atoms with E-state index in [0.29, 0.717) is 24.4 Å². The van der Waals surface area contributed by atoms with Crippen molar-refractivity contribution in [2.75, 3.05) is 24.7 Å². The fourth-order valence-electron chi connectivity index (χ4n) is 2.79. The Hall–Kier alpha value is -2.32. The molecule has 1 amide bonds. The van der Waals surface area contributed by atoms with Crippen molar-refractivity contribution in [1.82, 2.24) is 15.5 Å². The zero-order chi connectivity index (χ0) is 18.4. The molecule has 3 N–H and O–H groups in total. The zero-order valence-electron chi connectivity index (χ0n) is 14.6. The number of fused-ring (bicyclic) bond motifs is 1. The van der Waals surface area contributed by atoms with Gasteiger partial charge in [0.1, 0.15) is 0 Å². The minimum atomic E-state index is -0.207. The summed E-state index contributed by atoms with van der Waals surface area (Å²) >= 11 is 1.65. The molecule has 0 spiro atoms. The Kier molecular flexibility index (Phi) is 6.30. The molecule has 0 fully saturated rings. The number of rotatable bonds is 7. The molecule has 3 rings (SSSR count). The molecule has 0 bridgehead atoms. The number of amides is 1. The first-order chi connectivity index (χ1) is 12.7. The lowest BCUT2D eigenvalue weighted by Gasteiger charge is -2.13. The summed E-state index contributed by atoms with van der Waals surface area (Å²) in [7, 11) is 1.39. The summed E-state index contributed by atoms with van der Waals surface area (Å²) in [6.07, 6.45) is 1.25. The zero-order valence-corrected chi connectivity index (χ0v) is 15.4. The van der Waals surface area contributed by atoms with Gasteiger partial charge in [-0.05, 0) is 17.7 Å². The van der Waals surface area contributed by atoms with Crippen LogP contribution in [0.2, 0.25) is 0 Å². The number of esters is 1. The minimum Gasteiger partial charge on any atom is -0.469 e. The molecule has 8 heteroatoms. The molecule has 0 radical (unpaired) electrons. The van der Waals surface area contributed by atoms with Crippen LogP contribution in [0, 0.1) is 0 Å². The molecule has 0 unspecified atom stereocenters. The highest BCUT2D eigenvalue weighted by atomic mass is 32.2. The molecular weight excluding hydrogens is 352 g/mol. The van der Waals surface area contributed by atoms with Crippen LogP contribution in [0.1, 0.15) is 33.7 Å². The molecule has 7 nitrogen and oxygen atoms in total. The Morgan fingerprint density at radius 2 is 2.27 bits per heavy atom. The summed E-state index contributed by atoms with van der Waals surface area (Å²) in [6.45, 7) is 1.55. The number of hydrogen-bond donors (Lipinski definition) is 3. The van der Waals surface area contributed by atoms with Crippen LogP contribution >= 0.6 is 11.8 Å². The van der Waals surface area contributed by atoms with Crippen molar-refractivity contribution < 1.29 is 14.3 Å². The Balaban J connectivity index is 1.57. The lowest BCUT2D eigenvalue weighted by Crippen LogP contribution is -2.25. The molecular formula is C18H22N4O3S. The number of benzene rings is 1. The lowest BCUT2D eigenvalue weighted by molar-refractivity contribution is -0.140. The van der Waals surface area contributed by atoms with E-state index in [0.717, 1.165) is 41.2 Å². The number of nitrogens with zero attached hydrogens (tertiary/aromatic N) is 1. The SMILES string of the molecule is COC(=O)CCSCc1cccc(NC(=O)c2n[nH]c3c2CNCC3)c1. The summed E-state index contributed by atoms with van der Waals surface area (Å²) < 4.78 is 4.63. The highest BCUT2D eigenvalue weighted by molar-refractivity contribution is 7.98. The highest BCUT2D eigenvalue weighted by Gasteiger charge is 2.21. The van der Waals surface area contributed by atoms with Crippen molar-refractivity contribution in [2.24, 2.45) is 0 Å². The number of ether oxygens (including phenoxy) is 1. The Morgan fingerprint density at radius 3 is 3.12 bits per heavy atom. The minimum absolute atomic E-state index is 0.199. The second-order valence-corrected chi connectivity index (χ2v) is 7.09. The van der Waals surface area contributed by atoms with E-state index >= 15 is 0 Å². The van der Waals surface area contributed by atoms with Gasteiger partial charge in [0.05, 0.1) is 13.5 Å². The number of anilines is 1. The molecule has 138 valence electrons. The van der Waals surface area contributed by atoms with Gasteiger partial charge in [-0.15, -0.1) is 0 Å². The van der Waals surface area contributed by atoms with Crippen molar-refractivity contribution in [3.8, 4) is 0 Å². The molecule has 1 aromatic carbocycles. The van der Waals surface area contributed by atoms with Crippen LogP contribution in [0.5, 0.6) is 0 Å². The summed E-state index contributed by atoms with van der Waals surface area (Å²) in [4.78, 5) is 23.7. The summed E-state index contributed by atoms with van der Waals surface area (Å²) in [5, 5.41) is 13.3. The second kappa shape index (κ2) is 8.86. The van der Waals surface area contributed by atoms with Gasteiger partial charge in [-0.2, -0.15) is 16.9 Å². The van der Waals surface area contributed by atoms with E-state index in [1.165, 1.54) is 7.11 Å². The molecule has 2 heterocycles. The van der Waals surface area contributed by atoms with Crippen LogP contribution in [-0.2, 0) is 28.2 Å². The summed E-state index contributed by atoms with van der Waals surface area (Å²) in [6, 6.07) is 7.72. The largest absolute Gasteiger partial charge is 0.469 e. The fourth-order valence-corrected chi connectivity index (χ4v) is 3.66. The number of carbonyl (C=O) groups excluding carboxylic acids is 2. The topological polar surface area (TPSA) is 96.1 Å². The third-order valence-corrected chi connectivity index (χ3v) is 5.18. The van der Waals surface area contributed by atoms with Gasteiger partial charge in [0.25, 0.3) is 5.91 Å². The van der Waals surface area contributed by atoms with Crippen molar-refractivity contribution >= 4 is 29.3 Å². The Morgan fingerprint density at radius 1 is 1.38 bits per heavy atom. The Bertz CT molecular complexity index is 790. The van der Waals surface area contributed by atoms with Gasteiger partial charge in [0.2, 0.25) is 0 Å². The van der Waals surface area contributed by atoms with E-state index in [-0.39, 0.29) is 11.9 Å². The molecule has 0 saturated carbocycles. The quantitative estimate of drug-likeness (QED) is 0.507. The third-order valence-electron chi connectivity index (χ3n) is 4.15. The lowest BCUT2D eigenvalue weighted by atomic mass is 10.1. The van der Waals surface area contributed by atoms with Gasteiger partial charge in [-0.25, -0.2) is 0 Å². The van der Waals surface area contributed by atoms with Crippen molar-refractivity contribution in [2.45, 2.75) is 25.1 Å². The molecule has 1 aromatic heterocycles. The van der Waals surface area contributed by atoms with Gasteiger partial charge < -0.3 is 15.4 Å². The van der Waals surface area contributed by atoms with Crippen LogP contribution in [-0.4, -0.2) is 41.5 Å². The summed E-state index contributed by atoms with van der Waals surface area (Å²) in [5.41, 5.74) is 4.25. The first-order valence-electron chi connectivity index (χ1n) is 8.49. The number of carbonyl (C=O) groups is 2. The maximum absolute atomic E-state index is 12.5. The van der Waals surface area contributed by atoms with Crippen LogP contribution < -0.4 is 10.6 Å². The molecule has 2 aromatic rings. The van der Waals surface area contributed by atoms with Crippen LogP contribution in [0.15, 0.2) is 24.3 Å². The average Bonchev–Trinajstić information content (AvgIpc) is 3.09. The number of H-pyrrole nitrogens is 1. The number of nitrogens with one attached hydrogen (secondary N) is 3. The van der Waals surface area contributed by atoms with Gasteiger partial charge in [0.15, 0.2) is 5.69 Å². The van der Waals surface area contributed by atoms with Crippen molar-refractivity contribution in [3.63, 3.8) is 0 Å². The smallest absolute Gasteiger partial charge is 0.306 e. The predicted octanol–water partition coefficient (Wildman–Crippen LogP) is 2.10. The van der Waals surface area contributed by atoms with Gasteiger partial charge in [-0.1, -0.05) is 12.1 Å². The summed E-state index contributed by atoms with van der Waals surface area (Å²) in [5.74, 6) is 1.06. The monoisotopic (exact) mass is 374 g/mol. The van der Waals surface area contributed by atoms with Crippen LogP contribution in [0.4, 0.5) is 5.69 Å². The molecule has 26 heavy (non-hydrogen) atoms. The van der Waals surface area contributed by atoms with E-state index < -0.39 is 0 Å². The van der Waals surface area contributed by atoms with E-state index in [1.54, 1.807) is 11.8 Å².